The van der Waals surface area contributed by atoms with Crippen LogP contribution in [-0.4, -0.2) is 59.8 Å². The molecule has 2 atom stereocenters. The van der Waals surface area contributed by atoms with Crippen LogP contribution in [0.2, 0.25) is 0 Å². The molecule has 172 valence electrons. The summed E-state index contributed by atoms with van der Waals surface area (Å²) in [4.78, 5) is 33.0. The molecule has 6 nitrogen and oxygen atoms in total. The van der Waals surface area contributed by atoms with E-state index in [-0.39, 0.29) is 23.1 Å². The number of hydrogen-bond donors (Lipinski definition) is 2. The van der Waals surface area contributed by atoms with Crippen LogP contribution in [0.4, 0.5) is 0 Å². The molecule has 0 saturated carbocycles. The zero-order chi connectivity index (χ0) is 23.2. The third-order valence-electron chi connectivity index (χ3n) is 7.71. The Hall–Kier alpha value is -3.12. The molecule has 1 aromatic heterocycles. The van der Waals surface area contributed by atoms with Crippen molar-refractivity contribution in [2.45, 2.75) is 43.1 Å². The molecule has 0 bridgehead atoms. The molecule has 2 amide bonds. The number of amides is 2. The highest BCUT2D eigenvalue weighted by Gasteiger charge is 2.48. The number of para-hydroxylation sites is 1. The van der Waals surface area contributed by atoms with Crippen LogP contribution in [0.1, 0.15) is 41.9 Å². The second-order valence-electron chi connectivity index (χ2n) is 9.85. The van der Waals surface area contributed by atoms with E-state index in [9.17, 15) is 9.59 Å². The Labute approximate surface area is 194 Å². The van der Waals surface area contributed by atoms with E-state index in [1.807, 2.05) is 49.5 Å². The van der Waals surface area contributed by atoms with Gasteiger partial charge in [0, 0.05) is 49.7 Å². The summed E-state index contributed by atoms with van der Waals surface area (Å²) in [6, 6.07) is 15.9. The van der Waals surface area contributed by atoms with Crippen molar-refractivity contribution in [1.29, 1.82) is 0 Å². The first-order valence-electron chi connectivity index (χ1n) is 11.8. The van der Waals surface area contributed by atoms with Crippen LogP contribution in [0.15, 0.2) is 54.7 Å². The first kappa shape index (κ1) is 21.7. The highest BCUT2D eigenvalue weighted by Crippen LogP contribution is 2.52. The van der Waals surface area contributed by atoms with Gasteiger partial charge < -0.3 is 20.5 Å². The molecule has 33 heavy (non-hydrogen) atoms. The van der Waals surface area contributed by atoms with E-state index in [4.69, 9.17) is 5.73 Å². The van der Waals surface area contributed by atoms with Gasteiger partial charge in [0.05, 0.1) is 12.0 Å². The molecule has 1 aliphatic carbocycles. The third-order valence-corrected chi connectivity index (χ3v) is 7.71. The lowest BCUT2D eigenvalue weighted by atomic mass is 9.73. The Morgan fingerprint density at radius 2 is 1.82 bits per heavy atom. The second-order valence-corrected chi connectivity index (χ2v) is 9.85. The maximum absolute atomic E-state index is 13.2. The van der Waals surface area contributed by atoms with E-state index < -0.39 is 6.04 Å². The average molecular weight is 445 g/mol. The Kier molecular flexibility index (Phi) is 5.49. The summed E-state index contributed by atoms with van der Waals surface area (Å²) >= 11 is 0. The SMILES string of the molecule is CN(C)C(=O)[C@H]1CC2(CCN(C(=O)C(N)Cc3c[nH]c4ccccc34)CC2)c2ccccc21. The first-order chi connectivity index (χ1) is 15.9. The monoisotopic (exact) mass is 444 g/mol. The number of nitrogens with zero attached hydrogens (tertiary/aromatic N) is 2. The van der Waals surface area contributed by atoms with Gasteiger partial charge in [-0.25, -0.2) is 0 Å². The van der Waals surface area contributed by atoms with Crippen molar-refractivity contribution in [3.8, 4) is 0 Å². The van der Waals surface area contributed by atoms with E-state index in [1.54, 1.807) is 4.90 Å². The van der Waals surface area contributed by atoms with Gasteiger partial charge in [0.2, 0.25) is 11.8 Å². The van der Waals surface area contributed by atoms with Crippen molar-refractivity contribution < 1.29 is 9.59 Å². The molecule has 1 unspecified atom stereocenters. The van der Waals surface area contributed by atoms with Gasteiger partial charge >= 0.3 is 0 Å². The predicted molar refractivity (Wildman–Crippen MR) is 130 cm³/mol. The van der Waals surface area contributed by atoms with Crippen LogP contribution in [-0.2, 0) is 21.4 Å². The van der Waals surface area contributed by atoms with Gasteiger partial charge in [0.15, 0.2) is 0 Å². The van der Waals surface area contributed by atoms with Crippen LogP contribution < -0.4 is 5.73 Å². The lowest BCUT2D eigenvalue weighted by molar-refractivity contribution is -0.135. The maximum atomic E-state index is 13.2. The third kappa shape index (κ3) is 3.72. The van der Waals surface area contributed by atoms with Crippen LogP contribution >= 0.6 is 0 Å². The van der Waals surface area contributed by atoms with Crippen molar-refractivity contribution in [2.24, 2.45) is 5.73 Å². The van der Waals surface area contributed by atoms with Gasteiger partial charge in [-0.2, -0.15) is 0 Å². The van der Waals surface area contributed by atoms with E-state index in [0.29, 0.717) is 19.5 Å². The number of carbonyl (C=O) groups is 2. The van der Waals surface area contributed by atoms with Gasteiger partial charge in [0.1, 0.15) is 0 Å². The van der Waals surface area contributed by atoms with Crippen molar-refractivity contribution in [1.82, 2.24) is 14.8 Å². The number of rotatable bonds is 4. The fourth-order valence-electron chi connectivity index (χ4n) is 5.91. The number of nitrogens with two attached hydrogens (primary N) is 1. The number of aromatic nitrogens is 1. The number of piperidine rings is 1. The number of benzene rings is 2. The number of nitrogens with one attached hydrogen (secondary N) is 1. The quantitative estimate of drug-likeness (QED) is 0.648. The molecule has 3 aromatic rings. The van der Waals surface area contributed by atoms with E-state index in [2.05, 4.69) is 29.2 Å². The fraction of sp³-hybridized carbons (Fsp3) is 0.407. The molecule has 2 aromatic carbocycles. The molecule has 5 rings (SSSR count). The van der Waals surface area contributed by atoms with Crippen LogP contribution in [0.3, 0.4) is 0 Å². The van der Waals surface area contributed by atoms with Crippen molar-refractivity contribution in [2.75, 3.05) is 27.2 Å². The summed E-state index contributed by atoms with van der Waals surface area (Å²) in [5, 5.41) is 1.12. The van der Waals surface area contributed by atoms with Crippen LogP contribution in [0.25, 0.3) is 10.9 Å². The number of H-pyrrole nitrogens is 1. The summed E-state index contributed by atoms with van der Waals surface area (Å²) in [5.41, 5.74) is 10.9. The van der Waals surface area contributed by atoms with Gasteiger partial charge in [-0.15, -0.1) is 0 Å². The first-order valence-corrected chi connectivity index (χ1v) is 11.8. The van der Waals surface area contributed by atoms with Crippen molar-refractivity contribution >= 4 is 22.7 Å². The summed E-state index contributed by atoms with van der Waals surface area (Å²) in [6.45, 7) is 1.36. The molecule has 1 aliphatic heterocycles. The molecule has 3 N–H and O–H groups in total. The topological polar surface area (TPSA) is 82.4 Å². The van der Waals surface area contributed by atoms with Crippen molar-refractivity contribution in [3.63, 3.8) is 0 Å². The lowest BCUT2D eigenvalue weighted by Crippen LogP contribution is -2.50. The number of carbonyl (C=O) groups excluding carboxylic acids is 2. The number of hydrogen-bond acceptors (Lipinski definition) is 3. The number of likely N-dealkylation sites (N-methyl/N-ethyl adjacent to an activating group) is 1. The minimum atomic E-state index is -0.558. The van der Waals surface area contributed by atoms with Crippen LogP contribution in [0, 0.1) is 0 Å². The molecule has 0 radical (unpaired) electrons. The van der Waals surface area contributed by atoms with Gasteiger partial charge in [0.25, 0.3) is 0 Å². The minimum Gasteiger partial charge on any atom is -0.361 e. The largest absolute Gasteiger partial charge is 0.361 e. The summed E-state index contributed by atoms with van der Waals surface area (Å²) in [7, 11) is 3.65. The molecule has 2 aliphatic rings. The number of likely N-dealkylation sites (tertiary alicyclic amines) is 1. The predicted octanol–water partition coefficient (Wildman–Crippen LogP) is 3.17. The van der Waals surface area contributed by atoms with Crippen molar-refractivity contribution in [3.05, 3.63) is 71.4 Å². The fourth-order valence-corrected chi connectivity index (χ4v) is 5.91. The normalized spacial score (nSPS) is 20.1. The highest BCUT2D eigenvalue weighted by molar-refractivity contribution is 5.87. The molecular formula is C27H32N4O2. The van der Waals surface area contributed by atoms with Gasteiger partial charge in [-0.3, -0.25) is 9.59 Å². The molecule has 1 fully saturated rings. The zero-order valence-electron chi connectivity index (χ0n) is 19.4. The molecule has 2 heterocycles. The minimum absolute atomic E-state index is 0.0160. The Balaban J connectivity index is 1.28. The lowest BCUT2D eigenvalue weighted by Gasteiger charge is -2.41. The van der Waals surface area contributed by atoms with E-state index >= 15 is 0 Å². The highest BCUT2D eigenvalue weighted by atomic mass is 16.2. The van der Waals surface area contributed by atoms with E-state index in [0.717, 1.165) is 41.3 Å². The summed E-state index contributed by atoms with van der Waals surface area (Å²) in [6.07, 6.45) is 5.04. The van der Waals surface area contributed by atoms with Crippen LogP contribution in [0.5, 0.6) is 0 Å². The maximum Gasteiger partial charge on any atom is 0.239 e. The molecule has 6 heteroatoms. The summed E-state index contributed by atoms with van der Waals surface area (Å²) in [5.74, 6) is 0.0866. The zero-order valence-corrected chi connectivity index (χ0v) is 19.4. The Morgan fingerprint density at radius 3 is 2.58 bits per heavy atom. The number of fused-ring (bicyclic) bond motifs is 3. The Bertz CT molecular complexity index is 1190. The molecular weight excluding hydrogens is 412 g/mol. The Morgan fingerprint density at radius 1 is 1.12 bits per heavy atom. The second kappa shape index (κ2) is 8.34. The smallest absolute Gasteiger partial charge is 0.239 e. The average Bonchev–Trinajstić information content (AvgIpc) is 3.38. The number of aromatic amines is 1. The standard InChI is InChI=1S/C27H32N4O2/c1-30(2)25(32)21-16-27(22-9-5-3-8-20(21)22)11-13-31(14-12-27)26(33)23(28)15-18-17-29-24-10-6-4-7-19(18)24/h3-10,17,21,23,29H,11-16,28H2,1-2H3/t21-,23?/m0/s1. The van der Waals surface area contributed by atoms with Gasteiger partial charge in [-0.1, -0.05) is 42.5 Å². The molecule has 1 saturated heterocycles. The van der Waals surface area contributed by atoms with Gasteiger partial charge in [-0.05, 0) is 48.4 Å². The van der Waals surface area contributed by atoms with E-state index in [1.165, 1.54) is 5.56 Å². The molecule has 1 spiro atoms. The summed E-state index contributed by atoms with van der Waals surface area (Å²) < 4.78 is 0.